The van der Waals surface area contributed by atoms with Crippen molar-refractivity contribution in [2.45, 2.75) is 71.6 Å². The minimum atomic E-state index is 0.0353. The molecular weight excluding hydrogens is 294 g/mol. The van der Waals surface area contributed by atoms with Gasteiger partial charge in [-0.05, 0) is 68.8 Å². The van der Waals surface area contributed by atoms with E-state index >= 15 is 0 Å². The molecule has 0 spiro atoms. The molecule has 1 fully saturated rings. The van der Waals surface area contributed by atoms with Gasteiger partial charge in [-0.1, -0.05) is 51.5 Å². The Balaban J connectivity index is 1.71. The fourth-order valence-corrected chi connectivity index (χ4v) is 3.63. The van der Waals surface area contributed by atoms with Gasteiger partial charge in [0.2, 0.25) is 0 Å². The Hall–Kier alpha value is -1.15. The van der Waals surface area contributed by atoms with Crippen LogP contribution in [0.15, 0.2) is 24.3 Å². The number of Topliss-reactive ketones (excluding diaryl/α,β-unsaturated/α-hetero) is 1. The maximum atomic E-state index is 12.4. The molecule has 0 saturated carbocycles. The Labute approximate surface area is 148 Å². The Kier molecular flexibility index (Phi) is 7.98. The molecule has 0 amide bonds. The molecule has 1 aliphatic heterocycles. The molecule has 0 unspecified atom stereocenters. The molecule has 0 radical (unpaired) electrons. The molecule has 1 heterocycles. The third kappa shape index (κ3) is 6.39. The van der Waals surface area contributed by atoms with E-state index in [4.69, 9.17) is 0 Å². The summed E-state index contributed by atoms with van der Waals surface area (Å²) in [6.45, 7) is 10.2. The minimum absolute atomic E-state index is 0.0353. The van der Waals surface area contributed by atoms with Gasteiger partial charge < -0.3 is 4.90 Å². The quantitative estimate of drug-likeness (QED) is 0.579. The normalized spacial score (nSPS) is 17.2. The van der Waals surface area contributed by atoms with Gasteiger partial charge in [0.25, 0.3) is 0 Å². The van der Waals surface area contributed by atoms with Gasteiger partial charge in [-0.15, -0.1) is 0 Å². The van der Waals surface area contributed by atoms with Crippen LogP contribution in [0.25, 0.3) is 0 Å². The maximum absolute atomic E-state index is 12.4. The lowest BCUT2D eigenvalue weighted by Gasteiger charge is -2.26. The average Bonchev–Trinajstić information content (AvgIpc) is 2.59. The van der Waals surface area contributed by atoms with E-state index in [1.54, 1.807) is 0 Å². The largest absolute Gasteiger partial charge is 0.303 e. The zero-order valence-corrected chi connectivity index (χ0v) is 15.9. The van der Waals surface area contributed by atoms with Crippen LogP contribution < -0.4 is 0 Å². The second-order valence-corrected chi connectivity index (χ2v) is 7.89. The van der Waals surface area contributed by atoms with Crippen LogP contribution in [-0.4, -0.2) is 30.3 Å². The summed E-state index contributed by atoms with van der Waals surface area (Å²) in [5, 5.41) is 0. The Bertz CT molecular complexity index is 485. The number of carbonyl (C=O) groups is 1. The summed E-state index contributed by atoms with van der Waals surface area (Å²) in [6.07, 6.45) is 8.12. The molecule has 0 N–H and O–H groups in total. The van der Waals surface area contributed by atoms with Crippen molar-refractivity contribution in [3.8, 4) is 0 Å². The molecule has 1 aromatic carbocycles. The molecule has 1 atom stereocenters. The highest BCUT2D eigenvalue weighted by Crippen LogP contribution is 2.21. The first kappa shape index (κ1) is 19.2. The van der Waals surface area contributed by atoms with Gasteiger partial charge in [-0.3, -0.25) is 4.79 Å². The Morgan fingerprint density at radius 3 is 2.29 bits per heavy atom. The number of benzene rings is 1. The number of unbranched alkanes of at least 4 members (excludes halogenated alkanes) is 1. The van der Waals surface area contributed by atoms with Crippen LogP contribution in [0.1, 0.15) is 76.3 Å². The van der Waals surface area contributed by atoms with Gasteiger partial charge in [0.15, 0.2) is 0 Å². The van der Waals surface area contributed by atoms with E-state index < -0.39 is 0 Å². The van der Waals surface area contributed by atoms with Gasteiger partial charge in [-0.25, -0.2) is 0 Å². The third-order valence-corrected chi connectivity index (χ3v) is 5.20. The first-order valence-corrected chi connectivity index (χ1v) is 9.90. The van der Waals surface area contributed by atoms with Gasteiger partial charge in [0.1, 0.15) is 5.78 Å². The fourth-order valence-electron chi connectivity index (χ4n) is 3.63. The van der Waals surface area contributed by atoms with Crippen LogP contribution in [0.3, 0.4) is 0 Å². The molecular formula is C22H35NO. The highest BCUT2D eigenvalue weighted by atomic mass is 16.1. The molecule has 2 nitrogen and oxygen atoms in total. The molecule has 0 aliphatic carbocycles. The van der Waals surface area contributed by atoms with E-state index in [-0.39, 0.29) is 5.92 Å². The van der Waals surface area contributed by atoms with Crippen molar-refractivity contribution < 1.29 is 4.79 Å². The smallest absolute Gasteiger partial charge is 0.140 e. The SMILES string of the molecule is CC(C)Cc1ccc([C@@H](C)C(=O)CCCCN2CCCCC2)cc1. The zero-order chi connectivity index (χ0) is 17.4. The summed E-state index contributed by atoms with van der Waals surface area (Å²) in [6, 6.07) is 8.67. The van der Waals surface area contributed by atoms with Crippen LogP contribution in [0.4, 0.5) is 0 Å². The van der Waals surface area contributed by atoms with E-state index in [0.29, 0.717) is 11.7 Å². The van der Waals surface area contributed by atoms with Crippen LogP contribution in [0.2, 0.25) is 0 Å². The van der Waals surface area contributed by atoms with Crippen molar-refractivity contribution in [3.63, 3.8) is 0 Å². The predicted molar refractivity (Wildman–Crippen MR) is 103 cm³/mol. The molecule has 2 heteroatoms. The molecule has 0 bridgehead atoms. The van der Waals surface area contributed by atoms with Crippen LogP contribution >= 0.6 is 0 Å². The van der Waals surface area contributed by atoms with Gasteiger partial charge in [0, 0.05) is 12.3 Å². The standard InChI is InChI=1S/C22H35NO/c1-18(2)17-20-10-12-21(13-11-20)19(3)22(24)9-5-8-16-23-14-6-4-7-15-23/h10-13,18-19H,4-9,14-17H2,1-3H3/t19-/m1/s1. The molecule has 0 aromatic heterocycles. The molecule has 1 saturated heterocycles. The number of rotatable bonds is 9. The van der Waals surface area contributed by atoms with E-state index in [0.717, 1.165) is 25.7 Å². The van der Waals surface area contributed by atoms with E-state index in [1.165, 1.54) is 50.0 Å². The number of likely N-dealkylation sites (tertiary alicyclic amines) is 1. The summed E-state index contributed by atoms with van der Waals surface area (Å²) in [7, 11) is 0. The van der Waals surface area contributed by atoms with Crippen molar-refractivity contribution in [1.29, 1.82) is 0 Å². The second-order valence-electron chi connectivity index (χ2n) is 7.89. The molecule has 1 aromatic rings. The monoisotopic (exact) mass is 329 g/mol. The topological polar surface area (TPSA) is 20.3 Å². The summed E-state index contributed by atoms with van der Waals surface area (Å²) < 4.78 is 0. The van der Waals surface area contributed by atoms with Crippen molar-refractivity contribution in [2.75, 3.05) is 19.6 Å². The molecule has 2 rings (SSSR count). The van der Waals surface area contributed by atoms with Crippen LogP contribution in [0, 0.1) is 5.92 Å². The first-order chi connectivity index (χ1) is 11.6. The number of carbonyl (C=O) groups excluding carboxylic acids is 1. The van der Waals surface area contributed by atoms with Gasteiger partial charge >= 0.3 is 0 Å². The average molecular weight is 330 g/mol. The lowest BCUT2D eigenvalue weighted by atomic mass is 9.92. The Morgan fingerprint density at radius 2 is 1.67 bits per heavy atom. The van der Waals surface area contributed by atoms with E-state index in [1.807, 2.05) is 0 Å². The molecule has 134 valence electrons. The number of hydrogen-bond donors (Lipinski definition) is 0. The summed E-state index contributed by atoms with van der Waals surface area (Å²) in [4.78, 5) is 15.0. The van der Waals surface area contributed by atoms with E-state index in [2.05, 4.69) is 49.9 Å². The Morgan fingerprint density at radius 1 is 1.00 bits per heavy atom. The highest BCUT2D eigenvalue weighted by Gasteiger charge is 2.15. The maximum Gasteiger partial charge on any atom is 0.140 e. The minimum Gasteiger partial charge on any atom is -0.303 e. The zero-order valence-electron chi connectivity index (χ0n) is 15.9. The first-order valence-electron chi connectivity index (χ1n) is 9.90. The third-order valence-electron chi connectivity index (χ3n) is 5.20. The number of piperidine rings is 1. The predicted octanol–water partition coefficient (Wildman–Crippen LogP) is 5.21. The lowest BCUT2D eigenvalue weighted by molar-refractivity contribution is -0.120. The fraction of sp³-hybridized carbons (Fsp3) is 0.682. The van der Waals surface area contributed by atoms with Gasteiger partial charge in [-0.2, -0.15) is 0 Å². The highest BCUT2D eigenvalue weighted by molar-refractivity contribution is 5.85. The van der Waals surface area contributed by atoms with E-state index in [9.17, 15) is 4.79 Å². The molecule has 24 heavy (non-hydrogen) atoms. The van der Waals surface area contributed by atoms with Crippen molar-refractivity contribution in [2.24, 2.45) is 5.92 Å². The summed E-state index contributed by atoms with van der Waals surface area (Å²) >= 11 is 0. The van der Waals surface area contributed by atoms with Crippen molar-refractivity contribution >= 4 is 5.78 Å². The number of nitrogens with zero attached hydrogens (tertiary/aromatic N) is 1. The second kappa shape index (κ2) is 9.98. The lowest BCUT2D eigenvalue weighted by Crippen LogP contribution is -2.30. The number of ketones is 1. The molecule has 1 aliphatic rings. The van der Waals surface area contributed by atoms with Gasteiger partial charge in [0.05, 0.1) is 0 Å². The number of hydrogen-bond acceptors (Lipinski definition) is 2. The summed E-state index contributed by atoms with van der Waals surface area (Å²) in [5.74, 6) is 1.10. The summed E-state index contributed by atoms with van der Waals surface area (Å²) in [5.41, 5.74) is 2.54. The van der Waals surface area contributed by atoms with Crippen molar-refractivity contribution in [3.05, 3.63) is 35.4 Å². The van der Waals surface area contributed by atoms with Crippen molar-refractivity contribution in [1.82, 2.24) is 4.90 Å². The van der Waals surface area contributed by atoms with Crippen LogP contribution in [0.5, 0.6) is 0 Å². The van der Waals surface area contributed by atoms with Crippen LogP contribution in [-0.2, 0) is 11.2 Å².